The third-order valence-corrected chi connectivity index (χ3v) is 6.66. The lowest BCUT2D eigenvalue weighted by Gasteiger charge is -2.35. The number of anilines is 1. The fourth-order valence-electron chi connectivity index (χ4n) is 2.91. The van der Waals surface area contributed by atoms with E-state index in [2.05, 4.69) is 0 Å². The van der Waals surface area contributed by atoms with Crippen LogP contribution in [-0.4, -0.2) is 50.0 Å². The second-order valence-corrected chi connectivity index (χ2v) is 8.22. The molecule has 0 atom stereocenters. The minimum absolute atomic E-state index is 0.0484. The summed E-state index contributed by atoms with van der Waals surface area (Å²) in [6.07, 6.45) is 0. The van der Waals surface area contributed by atoms with Crippen LogP contribution < -0.4 is 4.90 Å². The fourth-order valence-corrected chi connectivity index (χ4v) is 4.84. The molecule has 0 saturated carbocycles. The van der Waals surface area contributed by atoms with Crippen molar-refractivity contribution in [2.75, 3.05) is 31.1 Å². The molecule has 27 heavy (non-hydrogen) atoms. The Labute approximate surface area is 159 Å². The van der Waals surface area contributed by atoms with Gasteiger partial charge in [0.1, 0.15) is 16.5 Å². The molecule has 144 valence electrons. The van der Waals surface area contributed by atoms with E-state index in [-0.39, 0.29) is 26.2 Å². The lowest BCUT2D eigenvalue weighted by Crippen LogP contribution is -2.49. The second kappa shape index (κ2) is 7.41. The molecular weight excluding hydrogens is 402 g/mol. The number of hydrogen-bond donors (Lipinski definition) is 1. The first kappa shape index (κ1) is 19.5. The molecule has 0 unspecified atom stereocenters. The van der Waals surface area contributed by atoms with Crippen LogP contribution >= 0.6 is 11.6 Å². The van der Waals surface area contributed by atoms with Crippen LogP contribution in [0, 0.1) is 11.6 Å². The molecule has 1 saturated heterocycles. The average molecular weight is 417 g/mol. The van der Waals surface area contributed by atoms with Crippen molar-refractivity contribution in [1.82, 2.24) is 4.31 Å². The molecule has 1 aliphatic rings. The molecule has 1 aliphatic heterocycles. The number of carboxylic acids is 1. The zero-order valence-corrected chi connectivity index (χ0v) is 15.5. The lowest BCUT2D eigenvalue weighted by molar-refractivity contribution is 0.0691. The number of para-hydroxylation sites is 1. The van der Waals surface area contributed by atoms with E-state index in [1.807, 2.05) is 0 Å². The molecule has 3 rings (SSSR count). The summed E-state index contributed by atoms with van der Waals surface area (Å²) in [6, 6.07) is 7.58. The van der Waals surface area contributed by atoms with Crippen molar-refractivity contribution in [2.45, 2.75) is 4.90 Å². The molecule has 1 N–H and O–H groups in total. The first-order chi connectivity index (χ1) is 12.7. The van der Waals surface area contributed by atoms with Crippen molar-refractivity contribution in [3.63, 3.8) is 0 Å². The summed E-state index contributed by atoms with van der Waals surface area (Å²) in [7, 11) is -4.13. The Hall–Kier alpha value is -2.23. The molecule has 0 spiro atoms. The SMILES string of the molecule is O=C(O)c1cc(S(=O)(=O)N2CCN(c3ccccc3F)CC2)c(Cl)cc1F. The average Bonchev–Trinajstić information content (AvgIpc) is 2.61. The molecule has 0 amide bonds. The van der Waals surface area contributed by atoms with Crippen LogP contribution in [0.15, 0.2) is 41.3 Å². The number of carbonyl (C=O) groups is 1. The van der Waals surface area contributed by atoms with Crippen LogP contribution in [0.25, 0.3) is 0 Å². The molecule has 0 bridgehead atoms. The monoisotopic (exact) mass is 416 g/mol. The Morgan fingerprint density at radius 1 is 1.04 bits per heavy atom. The van der Waals surface area contributed by atoms with E-state index >= 15 is 0 Å². The van der Waals surface area contributed by atoms with Gasteiger partial charge in [-0.3, -0.25) is 0 Å². The van der Waals surface area contributed by atoms with Gasteiger partial charge in [0.15, 0.2) is 0 Å². The zero-order valence-electron chi connectivity index (χ0n) is 13.9. The molecular formula is C17H15ClF2N2O4S. The van der Waals surface area contributed by atoms with Gasteiger partial charge in [-0.2, -0.15) is 4.31 Å². The van der Waals surface area contributed by atoms with E-state index in [4.69, 9.17) is 16.7 Å². The van der Waals surface area contributed by atoms with Crippen molar-refractivity contribution >= 4 is 33.3 Å². The summed E-state index contributed by atoms with van der Waals surface area (Å²) in [6.45, 7) is 0.578. The number of nitrogens with zero attached hydrogens (tertiary/aromatic N) is 2. The number of hydrogen-bond acceptors (Lipinski definition) is 4. The molecule has 2 aromatic carbocycles. The van der Waals surface area contributed by atoms with Crippen LogP contribution in [0.1, 0.15) is 10.4 Å². The highest BCUT2D eigenvalue weighted by Crippen LogP contribution is 2.29. The molecule has 0 radical (unpaired) electrons. The Balaban J connectivity index is 1.85. The van der Waals surface area contributed by atoms with E-state index in [9.17, 15) is 22.0 Å². The maximum atomic E-state index is 13.9. The largest absolute Gasteiger partial charge is 0.478 e. The van der Waals surface area contributed by atoms with Crippen molar-refractivity contribution in [1.29, 1.82) is 0 Å². The minimum Gasteiger partial charge on any atom is -0.478 e. The van der Waals surface area contributed by atoms with Gasteiger partial charge in [0.2, 0.25) is 10.0 Å². The van der Waals surface area contributed by atoms with E-state index in [1.165, 1.54) is 6.07 Å². The van der Waals surface area contributed by atoms with Crippen LogP contribution in [0.4, 0.5) is 14.5 Å². The standard InChI is InChI=1S/C17H15ClF2N2O4S/c18-12-10-14(20)11(17(23)24)9-16(12)27(25,26)22-7-5-21(6-8-22)15-4-2-1-3-13(15)19/h1-4,9-10H,5-8H2,(H,23,24). The van der Waals surface area contributed by atoms with E-state index < -0.39 is 43.1 Å². The molecule has 2 aromatic rings. The molecule has 6 nitrogen and oxygen atoms in total. The van der Waals surface area contributed by atoms with Gasteiger partial charge in [0.25, 0.3) is 0 Å². The van der Waals surface area contributed by atoms with Gasteiger partial charge >= 0.3 is 5.97 Å². The van der Waals surface area contributed by atoms with Crippen molar-refractivity contribution in [2.24, 2.45) is 0 Å². The van der Waals surface area contributed by atoms with Crippen molar-refractivity contribution in [3.05, 3.63) is 58.6 Å². The Kier molecular flexibility index (Phi) is 5.36. The van der Waals surface area contributed by atoms with Gasteiger partial charge in [-0.05, 0) is 24.3 Å². The summed E-state index contributed by atoms with van der Waals surface area (Å²) in [4.78, 5) is 12.3. The summed E-state index contributed by atoms with van der Waals surface area (Å²) < 4.78 is 54.4. The second-order valence-electron chi connectivity index (χ2n) is 5.91. The van der Waals surface area contributed by atoms with Gasteiger partial charge in [-0.25, -0.2) is 22.0 Å². The number of halogens is 3. The minimum atomic E-state index is -4.13. The van der Waals surface area contributed by atoms with Crippen LogP contribution in [-0.2, 0) is 10.0 Å². The topological polar surface area (TPSA) is 77.9 Å². The predicted molar refractivity (Wildman–Crippen MR) is 95.7 cm³/mol. The van der Waals surface area contributed by atoms with E-state index in [0.29, 0.717) is 11.8 Å². The smallest absolute Gasteiger partial charge is 0.338 e. The molecule has 0 aromatic heterocycles. The number of piperazine rings is 1. The molecule has 1 fully saturated rings. The van der Waals surface area contributed by atoms with Gasteiger partial charge in [-0.15, -0.1) is 0 Å². The normalized spacial score (nSPS) is 15.7. The Morgan fingerprint density at radius 2 is 1.67 bits per heavy atom. The molecule has 10 heteroatoms. The van der Waals surface area contributed by atoms with Crippen LogP contribution in [0.3, 0.4) is 0 Å². The third-order valence-electron chi connectivity index (χ3n) is 4.30. The number of benzene rings is 2. The molecule has 1 heterocycles. The predicted octanol–water partition coefficient (Wildman–Crippen LogP) is 2.83. The number of sulfonamides is 1. The lowest BCUT2D eigenvalue weighted by atomic mass is 10.2. The number of carboxylic acid groups (broad SMARTS) is 1. The number of aromatic carboxylic acids is 1. The highest BCUT2D eigenvalue weighted by atomic mass is 35.5. The zero-order chi connectivity index (χ0) is 19.8. The summed E-state index contributed by atoms with van der Waals surface area (Å²) >= 11 is 5.86. The fraction of sp³-hybridized carbons (Fsp3) is 0.235. The van der Waals surface area contributed by atoms with Crippen molar-refractivity contribution < 1.29 is 27.1 Å². The molecule has 0 aliphatic carbocycles. The highest BCUT2D eigenvalue weighted by molar-refractivity contribution is 7.89. The number of rotatable bonds is 4. The van der Waals surface area contributed by atoms with Gasteiger partial charge in [0.05, 0.1) is 16.3 Å². The van der Waals surface area contributed by atoms with Gasteiger partial charge in [0, 0.05) is 26.2 Å². The van der Waals surface area contributed by atoms with Crippen LogP contribution in [0.5, 0.6) is 0 Å². The Bertz CT molecular complexity index is 992. The van der Waals surface area contributed by atoms with E-state index in [0.717, 1.165) is 10.4 Å². The first-order valence-electron chi connectivity index (χ1n) is 7.94. The van der Waals surface area contributed by atoms with Crippen molar-refractivity contribution in [3.8, 4) is 0 Å². The Morgan fingerprint density at radius 3 is 2.26 bits per heavy atom. The van der Waals surface area contributed by atoms with E-state index in [1.54, 1.807) is 23.1 Å². The maximum Gasteiger partial charge on any atom is 0.338 e. The maximum absolute atomic E-state index is 13.9. The third kappa shape index (κ3) is 3.76. The summed E-state index contributed by atoms with van der Waals surface area (Å²) in [5.74, 6) is -3.11. The summed E-state index contributed by atoms with van der Waals surface area (Å²) in [5.41, 5.74) is -0.398. The van der Waals surface area contributed by atoms with Gasteiger partial charge in [-0.1, -0.05) is 23.7 Å². The highest BCUT2D eigenvalue weighted by Gasteiger charge is 2.32. The van der Waals surface area contributed by atoms with Gasteiger partial charge < -0.3 is 10.0 Å². The van der Waals surface area contributed by atoms with Crippen LogP contribution in [0.2, 0.25) is 5.02 Å². The summed E-state index contributed by atoms with van der Waals surface area (Å²) in [5, 5.41) is 8.62. The first-order valence-corrected chi connectivity index (χ1v) is 9.75. The quantitative estimate of drug-likeness (QED) is 0.829.